The van der Waals surface area contributed by atoms with Gasteiger partial charge in [0.1, 0.15) is 35.8 Å². The molecule has 1 saturated heterocycles. The van der Waals surface area contributed by atoms with Crippen molar-refractivity contribution in [2.24, 2.45) is 11.3 Å². The monoisotopic (exact) mass is 609 g/mol. The maximum Gasteiger partial charge on any atom is 0.408 e. The average molecular weight is 610 g/mol. The molecule has 4 rings (SSSR count). The van der Waals surface area contributed by atoms with Crippen molar-refractivity contribution in [3.63, 3.8) is 0 Å². The summed E-state index contributed by atoms with van der Waals surface area (Å²) in [7, 11) is 2.90. The van der Waals surface area contributed by atoms with E-state index in [-0.39, 0.29) is 25.0 Å². The molecule has 1 saturated carbocycles. The summed E-state index contributed by atoms with van der Waals surface area (Å²) in [6.07, 6.45) is 6.61. The molecule has 1 aromatic heterocycles. The molecule has 5 atom stereocenters. The summed E-state index contributed by atoms with van der Waals surface area (Å²) in [5.41, 5.74) is 0.832. The average Bonchev–Trinajstić information content (AvgIpc) is 3.61. The summed E-state index contributed by atoms with van der Waals surface area (Å²) >= 11 is 0. The van der Waals surface area contributed by atoms with Crippen molar-refractivity contribution in [1.29, 1.82) is 0 Å². The van der Waals surface area contributed by atoms with E-state index in [1.165, 1.54) is 12.0 Å². The number of alkyl carbamates (subject to hydrolysis) is 1. The number of nitrogens with zero attached hydrogens (tertiary/aromatic N) is 2. The van der Waals surface area contributed by atoms with E-state index in [1.807, 2.05) is 58.0 Å². The van der Waals surface area contributed by atoms with Gasteiger partial charge in [0, 0.05) is 11.8 Å². The molecular formula is C34H47N3O7. The number of esters is 1. The van der Waals surface area contributed by atoms with Crippen LogP contribution in [0.5, 0.6) is 11.5 Å². The Balaban J connectivity index is 1.49. The second kappa shape index (κ2) is 14.3. The van der Waals surface area contributed by atoms with Gasteiger partial charge in [-0.1, -0.05) is 26.8 Å². The summed E-state index contributed by atoms with van der Waals surface area (Å²) in [4.78, 5) is 46.3. The number of fused-ring (bicyclic) bond motifs is 1. The van der Waals surface area contributed by atoms with Crippen LogP contribution >= 0.6 is 0 Å². The summed E-state index contributed by atoms with van der Waals surface area (Å²) in [6.45, 7) is 11.4. The highest BCUT2D eigenvalue weighted by molar-refractivity contribution is 5.91. The molecule has 1 aliphatic heterocycles. The number of unbranched alkanes of at least 4 members (excludes halogenated alkanes) is 1. The second-order valence-electron chi connectivity index (χ2n) is 12.9. The van der Waals surface area contributed by atoms with Crippen LogP contribution in [-0.4, -0.2) is 72.9 Å². The van der Waals surface area contributed by atoms with Crippen molar-refractivity contribution >= 4 is 28.9 Å². The lowest BCUT2D eigenvalue weighted by atomic mass is 9.85. The third-order valence-corrected chi connectivity index (χ3v) is 8.68. The van der Waals surface area contributed by atoms with Gasteiger partial charge in [0.05, 0.1) is 32.0 Å². The summed E-state index contributed by atoms with van der Waals surface area (Å²) < 4.78 is 22.7. The van der Waals surface area contributed by atoms with Crippen molar-refractivity contribution in [3.05, 3.63) is 42.6 Å². The molecule has 10 heteroatoms. The Hall–Kier alpha value is -3.82. The lowest BCUT2D eigenvalue weighted by Gasteiger charge is -2.35. The van der Waals surface area contributed by atoms with Gasteiger partial charge in [-0.3, -0.25) is 4.79 Å². The SMILES string of the molecule is C=CCCC[C@@H]1CCC[C@H]1OC(=O)N[C@H](C(=O)N1C[C@H](Oc2cc3cc(OC)ccc3nc2C)C[C@H]1C(=O)OC)C(C)(C)C. The summed E-state index contributed by atoms with van der Waals surface area (Å²) in [6, 6.07) is 5.71. The fraction of sp³-hybridized carbons (Fsp3) is 0.588. The van der Waals surface area contributed by atoms with Gasteiger partial charge in [0.25, 0.3) is 0 Å². The minimum atomic E-state index is -0.932. The van der Waals surface area contributed by atoms with Gasteiger partial charge in [-0.2, -0.15) is 0 Å². The van der Waals surface area contributed by atoms with E-state index in [0.717, 1.165) is 49.4 Å². The lowest BCUT2D eigenvalue weighted by Crippen LogP contribution is -2.57. The summed E-state index contributed by atoms with van der Waals surface area (Å²) in [5, 5.41) is 3.70. The van der Waals surface area contributed by atoms with Gasteiger partial charge >= 0.3 is 12.1 Å². The molecule has 10 nitrogen and oxygen atoms in total. The number of allylic oxidation sites excluding steroid dienone is 1. The van der Waals surface area contributed by atoms with Crippen LogP contribution in [0.2, 0.25) is 0 Å². The molecule has 44 heavy (non-hydrogen) atoms. The van der Waals surface area contributed by atoms with Gasteiger partial charge < -0.3 is 29.2 Å². The number of hydrogen-bond acceptors (Lipinski definition) is 8. The Bertz CT molecular complexity index is 1350. The van der Waals surface area contributed by atoms with Crippen molar-refractivity contribution in [3.8, 4) is 11.5 Å². The highest BCUT2D eigenvalue weighted by Gasteiger charge is 2.46. The fourth-order valence-corrected chi connectivity index (χ4v) is 6.26. The smallest absolute Gasteiger partial charge is 0.408 e. The maximum atomic E-state index is 14.1. The molecule has 2 aliphatic rings. The summed E-state index contributed by atoms with van der Waals surface area (Å²) in [5.74, 6) is 0.641. The van der Waals surface area contributed by atoms with Crippen molar-refractivity contribution in [1.82, 2.24) is 15.2 Å². The molecule has 2 amide bonds. The van der Waals surface area contributed by atoms with Gasteiger partial charge in [-0.25, -0.2) is 14.6 Å². The number of hydrogen-bond donors (Lipinski definition) is 1. The first kappa shape index (κ1) is 33.1. The first-order valence-electron chi connectivity index (χ1n) is 15.5. The first-order valence-corrected chi connectivity index (χ1v) is 15.5. The molecule has 0 bridgehead atoms. The molecular weight excluding hydrogens is 562 g/mol. The Morgan fingerprint density at radius 3 is 2.64 bits per heavy atom. The van der Waals surface area contributed by atoms with Crippen LogP contribution in [0, 0.1) is 18.3 Å². The van der Waals surface area contributed by atoms with Crippen molar-refractivity contribution in [2.45, 2.75) is 96.9 Å². The van der Waals surface area contributed by atoms with E-state index < -0.39 is 35.7 Å². The molecule has 0 unspecified atom stereocenters. The molecule has 2 aromatic rings. The normalized spacial score (nSPS) is 22.4. The zero-order valence-electron chi connectivity index (χ0n) is 26.9. The standard InChI is InChI=1S/C34H47N3O7/c1-8-9-10-12-22-13-11-14-28(22)44-33(40)36-30(34(3,4)5)31(38)37-20-25(19-27(37)32(39)42-7)43-29-18-23-17-24(41-6)15-16-26(23)35-21(29)2/h8,15-18,22,25,27-28,30H,1,9-14,19-20H2,2-7H3,(H,36,40)/t22-,25-,27+,28-,30-/m1/s1. The predicted molar refractivity (Wildman–Crippen MR) is 168 cm³/mol. The van der Waals surface area contributed by atoms with E-state index in [9.17, 15) is 14.4 Å². The fourth-order valence-electron chi connectivity index (χ4n) is 6.26. The number of methoxy groups -OCH3 is 2. The van der Waals surface area contributed by atoms with Crippen LogP contribution in [0.1, 0.15) is 71.4 Å². The topological polar surface area (TPSA) is 116 Å². The van der Waals surface area contributed by atoms with Crippen LogP contribution in [0.25, 0.3) is 10.9 Å². The van der Waals surface area contributed by atoms with Crippen molar-refractivity contribution in [2.75, 3.05) is 20.8 Å². The quantitative estimate of drug-likeness (QED) is 0.195. The van der Waals surface area contributed by atoms with Crippen molar-refractivity contribution < 1.29 is 33.3 Å². The Labute approximate surface area is 260 Å². The molecule has 0 spiro atoms. The number of benzene rings is 1. The van der Waals surface area contributed by atoms with Crippen LogP contribution in [0.15, 0.2) is 36.9 Å². The Morgan fingerprint density at radius 2 is 1.95 bits per heavy atom. The minimum Gasteiger partial charge on any atom is -0.497 e. The van der Waals surface area contributed by atoms with Gasteiger partial charge in [0.15, 0.2) is 0 Å². The van der Waals surface area contributed by atoms with Gasteiger partial charge in [-0.05, 0) is 81.0 Å². The van der Waals surface area contributed by atoms with E-state index in [0.29, 0.717) is 23.1 Å². The molecule has 240 valence electrons. The molecule has 1 aliphatic carbocycles. The maximum absolute atomic E-state index is 14.1. The van der Waals surface area contributed by atoms with Crippen LogP contribution in [0.3, 0.4) is 0 Å². The van der Waals surface area contributed by atoms with Crippen LogP contribution in [0.4, 0.5) is 4.79 Å². The minimum absolute atomic E-state index is 0.144. The van der Waals surface area contributed by atoms with E-state index in [2.05, 4.69) is 16.9 Å². The Kier molecular flexibility index (Phi) is 10.8. The van der Waals surface area contributed by atoms with E-state index in [1.54, 1.807) is 7.11 Å². The molecule has 1 N–H and O–H groups in total. The number of aromatic nitrogens is 1. The first-order chi connectivity index (χ1) is 20.9. The third-order valence-electron chi connectivity index (χ3n) is 8.68. The number of likely N-dealkylation sites (tertiary alicyclic amines) is 1. The molecule has 2 heterocycles. The molecule has 1 aromatic carbocycles. The zero-order chi connectivity index (χ0) is 32.0. The lowest BCUT2D eigenvalue weighted by molar-refractivity contribution is -0.152. The predicted octanol–water partition coefficient (Wildman–Crippen LogP) is 5.74. The number of rotatable bonds is 11. The highest BCUT2D eigenvalue weighted by atomic mass is 16.6. The molecule has 0 radical (unpaired) electrons. The molecule has 2 fully saturated rings. The van der Waals surface area contributed by atoms with Gasteiger partial charge in [0.2, 0.25) is 5.91 Å². The largest absolute Gasteiger partial charge is 0.497 e. The number of pyridine rings is 1. The van der Waals surface area contributed by atoms with E-state index >= 15 is 0 Å². The van der Waals surface area contributed by atoms with Crippen LogP contribution < -0.4 is 14.8 Å². The third kappa shape index (κ3) is 7.81. The number of aryl methyl sites for hydroxylation is 1. The Morgan fingerprint density at radius 1 is 1.18 bits per heavy atom. The number of amides is 2. The highest BCUT2D eigenvalue weighted by Crippen LogP contribution is 2.34. The zero-order valence-corrected chi connectivity index (χ0v) is 26.9. The number of carbonyl (C=O) groups is 3. The van der Waals surface area contributed by atoms with E-state index in [4.69, 9.17) is 18.9 Å². The van der Waals surface area contributed by atoms with Gasteiger partial charge in [-0.15, -0.1) is 6.58 Å². The number of nitrogens with one attached hydrogen (secondary N) is 1. The van der Waals surface area contributed by atoms with Crippen LogP contribution in [-0.2, 0) is 19.1 Å². The number of carbonyl (C=O) groups excluding carboxylic acids is 3. The second-order valence-corrected chi connectivity index (χ2v) is 12.9. The number of ether oxygens (including phenoxy) is 4.